The Morgan fingerprint density at radius 1 is 1.29 bits per heavy atom. The molecule has 2 aliphatic rings. The quantitative estimate of drug-likeness (QED) is 0.792. The first kappa shape index (κ1) is 14.4. The number of ketones is 1. The van der Waals surface area contributed by atoms with Crippen LogP contribution in [0.15, 0.2) is 6.20 Å². The number of carbonyl (C=O) groups excluding carboxylic acids is 1. The molecule has 0 atom stereocenters. The van der Waals surface area contributed by atoms with E-state index in [9.17, 15) is 4.79 Å². The highest BCUT2D eigenvalue weighted by Gasteiger charge is 2.24. The minimum absolute atomic E-state index is 0.0318. The van der Waals surface area contributed by atoms with Gasteiger partial charge in [0.2, 0.25) is 5.95 Å². The summed E-state index contributed by atoms with van der Waals surface area (Å²) in [5.74, 6) is 1.73. The number of hydrogen-bond donors (Lipinski definition) is 0. The Morgan fingerprint density at radius 3 is 2.52 bits per heavy atom. The van der Waals surface area contributed by atoms with Gasteiger partial charge >= 0.3 is 0 Å². The van der Waals surface area contributed by atoms with E-state index in [2.05, 4.69) is 19.8 Å². The van der Waals surface area contributed by atoms with E-state index >= 15 is 0 Å². The summed E-state index contributed by atoms with van der Waals surface area (Å²) in [5.41, 5.74) is 1.41. The fourth-order valence-electron chi connectivity index (χ4n) is 3.12. The average molecular weight is 288 g/mol. The maximum Gasteiger partial charge on any atom is 0.225 e. The first-order valence-electron chi connectivity index (χ1n) is 7.95. The molecule has 0 radical (unpaired) electrons. The van der Waals surface area contributed by atoms with Gasteiger partial charge in [0.1, 0.15) is 0 Å². The SMILES string of the molecule is CC(=O)c1cnc(N2CCN(CC3CCC3)CC2)nc1C. The lowest BCUT2D eigenvalue weighted by atomic mass is 9.85. The number of hydrogen-bond acceptors (Lipinski definition) is 5. The minimum Gasteiger partial charge on any atom is -0.338 e. The highest BCUT2D eigenvalue weighted by Crippen LogP contribution is 2.27. The van der Waals surface area contributed by atoms with Crippen LogP contribution in [-0.2, 0) is 0 Å². The van der Waals surface area contributed by atoms with Gasteiger partial charge < -0.3 is 4.90 Å². The second-order valence-corrected chi connectivity index (χ2v) is 6.31. The summed E-state index contributed by atoms with van der Waals surface area (Å²) in [6.07, 6.45) is 5.91. The lowest BCUT2D eigenvalue weighted by molar-refractivity contribution is 0.101. The molecule has 5 heteroatoms. The highest BCUT2D eigenvalue weighted by atomic mass is 16.1. The molecule has 3 rings (SSSR count). The van der Waals surface area contributed by atoms with Crippen molar-refractivity contribution in [2.75, 3.05) is 37.6 Å². The van der Waals surface area contributed by atoms with Crippen LogP contribution < -0.4 is 4.90 Å². The molecule has 0 unspecified atom stereocenters. The van der Waals surface area contributed by atoms with E-state index in [1.807, 2.05) is 6.92 Å². The summed E-state index contributed by atoms with van der Waals surface area (Å²) < 4.78 is 0. The van der Waals surface area contributed by atoms with Gasteiger partial charge in [-0.05, 0) is 32.6 Å². The monoisotopic (exact) mass is 288 g/mol. The second-order valence-electron chi connectivity index (χ2n) is 6.31. The number of carbonyl (C=O) groups is 1. The topological polar surface area (TPSA) is 49.3 Å². The van der Waals surface area contributed by atoms with E-state index in [0.717, 1.165) is 43.7 Å². The van der Waals surface area contributed by atoms with Crippen LogP contribution in [0, 0.1) is 12.8 Å². The van der Waals surface area contributed by atoms with Crippen molar-refractivity contribution in [3.63, 3.8) is 0 Å². The minimum atomic E-state index is 0.0318. The average Bonchev–Trinajstić information content (AvgIpc) is 2.43. The van der Waals surface area contributed by atoms with Gasteiger partial charge in [0, 0.05) is 38.9 Å². The van der Waals surface area contributed by atoms with E-state index in [-0.39, 0.29) is 5.78 Å². The Morgan fingerprint density at radius 2 is 2.00 bits per heavy atom. The highest BCUT2D eigenvalue weighted by molar-refractivity contribution is 5.94. The van der Waals surface area contributed by atoms with Crippen LogP contribution in [0.4, 0.5) is 5.95 Å². The third-order valence-corrected chi connectivity index (χ3v) is 4.74. The number of aryl methyl sites for hydroxylation is 1. The number of rotatable bonds is 4. The molecule has 1 saturated heterocycles. The molecule has 0 amide bonds. The summed E-state index contributed by atoms with van der Waals surface area (Å²) in [6.45, 7) is 8.84. The van der Waals surface area contributed by atoms with Gasteiger partial charge in [0.15, 0.2) is 5.78 Å². The molecule has 5 nitrogen and oxygen atoms in total. The predicted octanol–water partition coefficient (Wildman–Crippen LogP) is 1.91. The molecule has 1 aliphatic heterocycles. The Kier molecular flexibility index (Phi) is 4.19. The zero-order valence-corrected chi connectivity index (χ0v) is 13.0. The van der Waals surface area contributed by atoms with Gasteiger partial charge in [-0.3, -0.25) is 9.69 Å². The molecular formula is C16H24N4O. The van der Waals surface area contributed by atoms with E-state index in [0.29, 0.717) is 5.56 Å². The molecule has 114 valence electrons. The van der Waals surface area contributed by atoms with E-state index < -0.39 is 0 Å². The number of aromatic nitrogens is 2. The zero-order chi connectivity index (χ0) is 14.8. The standard InChI is InChI=1S/C16H24N4O/c1-12-15(13(2)21)10-17-16(18-12)20-8-6-19(7-9-20)11-14-4-3-5-14/h10,14H,3-9,11H2,1-2H3. The summed E-state index contributed by atoms with van der Waals surface area (Å²) in [6, 6.07) is 0. The van der Waals surface area contributed by atoms with Crippen molar-refractivity contribution in [3.8, 4) is 0 Å². The lowest BCUT2D eigenvalue weighted by Gasteiger charge is -2.38. The van der Waals surface area contributed by atoms with Gasteiger partial charge in [0.25, 0.3) is 0 Å². The van der Waals surface area contributed by atoms with Gasteiger partial charge in [-0.1, -0.05) is 6.42 Å². The van der Waals surface area contributed by atoms with E-state index in [4.69, 9.17) is 0 Å². The molecule has 1 aromatic rings. The smallest absolute Gasteiger partial charge is 0.225 e. The molecule has 1 saturated carbocycles. The summed E-state index contributed by atoms with van der Waals surface area (Å²) >= 11 is 0. The molecule has 0 N–H and O–H groups in total. The van der Waals surface area contributed by atoms with E-state index in [1.54, 1.807) is 13.1 Å². The van der Waals surface area contributed by atoms with Crippen molar-refractivity contribution < 1.29 is 4.79 Å². The maximum absolute atomic E-state index is 11.4. The molecule has 1 aliphatic carbocycles. The van der Waals surface area contributed by atoms with Gasteiger partial charge in [-0.15, -0.1) is 0 Å². The van der Waals surface area contributed by atoms with Crippen LogP contribution in [0.25, 0.3) is 0 Å². The van der Waals surface area contributed by atoms with Crippen LogP contribution in [0.1, 0.15) is 42.2 Å². The van der Waals surface area contributed by atoms with Crippen LogP contribution in [0.3, 0.4) is 0 Å². The molecule has 0 spiro atoms. The third-order valence-electron chi connectivity index (χ3n) is 4.74. The lowest BCUT2D eigenvalue weighted by Crippen LogP contribution is -2.49. The fraction of sp³-hybridized carbons (Fsp3) is 0.688. The summed E-state index contributed by atoms with van der Waals surface area (Å²) in [4.78, 5) is 25.1. The molecule has 1 aromatic heterocycles. The molecule has 21 heavy (non-hydrogen) atoms. The number of nitrogens with zero attached hydrogens (tertiary/aromatic N) is 4. The normalized spacial score (nSPS) is 20.4. The van der Waals surface area contributed by atoms with Crippen molar-refractivity contribution in [1.29, 1.82) is 0 Å². The largest absolute Gasteiger partial charge is 0.338 e. The molecular weight excluding hydrogens is 264 g/mol. The van der Waals surface area contributed by atoms with Crippen LogP contribution >= 0.6 is 0 Å². The van der Waals surface area contributed by atoms with Crippen LogP contribution in [0.5, 0.6) is 0 Å². The van der Waals surface area contributed by atoms with Crippen LogP contribution in [-0.4, -0.2) is 53.4 Å². The number of anilines is 1. The fourth-order valence-corrected chi connectivity index (χ4v) is 3.12. The van der Waals surface area contributed by atoms with E-state index in [1.165, 1.54) is 25.8 Å². The zero-order valence-electron chi connectivity index (χ0n) is 13.0. The van der Waals surface area contributed by atoms with Crippen LogP contribution in [0.2, 0.25) is 0 Å². The first-order chi connectivity index (χ1) is 10.1. The summed E-state index contributed by atoms with van der Waals surface area (Å²) in [5, 5.41) is 0. The van der Waals surface area contributed by atoms with Gasteiger partial charge in [0.05, 0.1) is 11.3 Å². The second kappa shape index (κ2) is 6.10. The first-order valence-corrected chi connectivity index (χ1v) is 7.95. The third kappa shape index (κ3) is 3.23. The Bertz CT molecular complexity index is 519. The van der Waals surface area contributed by atoms with Crippen molar-refractivity contribution in [2.24, 2.45) is 5.92 Å². The van der Waals surface area contributed by atoms with Crippen molar-refractivity contribution in [1.82, 2.24) is 14.9 Å². The molecule has 2 heterocycles. The Balaban J connectivity index is 1.58. The van der Waals surface area contributed by atoms with Gasteiger partial charge in [-0.25, -0.2) is 9.97 Å². The number of Topliss-reactive ketones (excluding diaryl/α,β-unsaturated/α-hetero) is 1. The van der Waals surface area contributed by atoms with Gasteiger partial charge in [-0.2, -0.15) is 0 Å². The Hall–Kier alpha value is -1.49. The van der Waals surface area contributed by atoms with Crippen molar-refractivity contribution >= 4 is 11.7 Å². The summed E-state index contributed by atoms with van der Waals surface area (Å²) in [7, 11) is 0. The maximum atomic E-state index is 11.4. The molecule has 2 fully saturated rings. The molecule has 0 bridgehead atoms. The Labute approximate surface area is 126 Å². The van der Waals surface area contributed by atoms with Crippen molar-refractivity contribution in [3.05, 3.63) is 17.5 Å². The molecule has 0 aromatic carbocycles. The number of piperazine rings is 1. The predicted molar refractivity (Wildman–Crippen MR) is 82.8 cm³/mol. The van der Waals surface area contributed by atoms with Crippen molar-refractivity contribution in [2.45, 2.75) is 33.1 Å².